The molecule has 0 radical (unpaired) electrons. The van der Waals surface area contributed by atoms with Crippen molar-refractivity contribution in [3.63, 3.8) is 0 Å². The number of rotatable bonds is 3. The van der Waals surface area contributed by atoms with Crippen molar-refractivity contribution < 1.29 is 4.79 Å². The van der Waals surface area contributed by atoms with E-state index in [1.54, 1.807) is 0 Å². The van der Waals surface area contributed by atoms with Crippen LogP contribution in [0, 0.1) is 5.92 Å². The van der Waals surface area contributed by atoms with Gasteiger partial charge in [0.05, 0.1) is 0 Å². The van der Waals surface area contributed by atoms with Crippen molar-refractivity contribution in [1.29, 1.82) is 0 Å². The summed E-state index contributed by atoms with van der Waals surface area (Å²) in [5.74, 6) is 3.69. The summed E-state index contributed by atoms with van der Waals surface area (Å²) in [6.45, 7) is 1.97. The predicted octanol–water partition coefficient (Wildman–Crippen LogP) is 1.39. The lowest BCUT2D eigenvalue weighted by atomic mass is 10.0. The number of hydrogen-bond acceptors (Lipinski definition) is 3. The highest BCUT2D eigenvalue weighted by atomic mass is 32.2. The minimum Gasteiger partial charge on any atom is -0.356 e. The average molecular weight is 242 g/mol. The summed E-state index contributed by atoms with van der Waals surface area (Å²) in [6, 6.07) is 0.414. The molecule has 0 aromatic carbocycles. The van der Waals surface area contributed by atoms with Gasteiger partial charge in [-0.15, -0.1) is 0 Å². The van der Waals surface area contributed by atoms with Gasteiger partial charge in [0.25, 0.3) is 0 Å². The van der Waals surface area contributed by atoms with Gasteiger partial charge in [0.2, 0.25) is 5.91 Å². The molecule has 0 saturated carbocycles. The van der Waals surface area contributed by atoms with E-state index < -0.39 is 0 Å². The SMILES string of the molecule is O=C1CC(NCC2CCSCC2)CCCN1. The normalized spacial score (nSPS) is 28.5. The highest BCUT2D eigenvalue weighted by molar-refractivity contribution is 7.99. The van der Waals surface area contributed by atoms with Gasteiger partial charge in [-0.05, 0) is 49.7 Å². The third kappa shape index (κ3) is 3.98. The molecule has 0 aliphatic carbocycles. The highest BCUT2D eigenvalue weighted by Gasteiger charge is 2.19. The van der Waals surface area contributed by atoms with Crippen LogP contribution in [0.2, 0.25) is 0 Å². The summed E-state index contributed by atoms with van der Waals surface area (Å²) in [7, 11) is 0. The van der Waals surface area contributed by atoms with Crippen molar-refractivity contribution in [2.75, 3.05) is 24.6 Å². The van der Waals surface area contributed by atoms with Crippen LogP contribution in [0.25, 0.3) is 0 Å². The molecule has 2 saturated heterocycles. The van der Waals surface area contributed by atoms with E-state index in [0.717, 1.165) is 31.8 Å². The van der Waals surface area contributed by atoms with Gasteiger partial charge in [-0.1, -0.05) is 0 Å². The molecule has 2 fully saturated rings. The van der Waals surface area contributed by atoms with Crippen LogP contribution in [0.3, 0.4) is 0 Å². The van der Waals surface area contributed by atoms with Gasteiger partial charge in [-0.25, -0.2) is 0 Å². The summed E-state index contributed by atoms with van der Waals surface area (Å²) >= 11 is 2.07. The minimum absolute atomic E-state index is 0.217. The molecular formula is C12H22N2OS. The first-order valence-electron chi connectivity index (χ1n) is 6.42. The lowest BCUT2D eigenvalue weighted by Gasteiger charge is -2.24. The van der Waals surface area contributed by atoms with E-state index in [1.807, 2.05) is 0 Å². The molecule has 2 aliphatic rings. The van der Waals surface area contributed by atoms with Crippen molar-refractivity contribution in [1.82, 2.24) is 10.6 Å². The summed E-state index contributed by atoms with van der Waals surface area (Å²) in [5.41, 5.74) is 0. The van der Waals surface area contributed by atoms with Crippen molar-refractivity contribution in [3.05, 3.63) is 0 Å². The van der Waals surface area contributed by atoms with Crippen molar-refractivity contribution in [2.24, 2.45) is 5.92 Å². The zero-order chi connectivity index (χ0) is 11.2. The maximum Gasteiger partial charge on any atom is 0.221 e. The third-order valence-corrected chi connectivity index (χ3v) is 4.57. The molecule has 92 valence electrons. The third-order valence-electron chi connectivity index (χ3n) is 3.52. The van der Waals surface area contributed by atoms with E-state index in [9.17, 15) is 4.79 Å². The van der Waals surface area contributed by atoms with E-state index in [-0.39, 0.29) is 5.91 Å². The van der Waals surface area contributed by atoms with E-state index in [2.05, 4.69) is 22.4 Å². The Morgan fingerprint density at radius 3 is 2.94 bits per heavy atom. The standard InChI is InChI=1S/C12H22N2OS/c15-12-8-11(2-1-5-13-12)14-9-10-3-6-16-7-4-10/h10-11,14H,1-9H2,(H,13,15). The van der Waals surface area contributed by atoms with Gasteiger partial charge in [0, 0.05) is 19.0 Å². The smallest absolute Gasteiger partial charge is 0.221 e. The fraction of sp³-hybridized carbons (Fsp3) is 0.917. The van der Waals surface area contributed by atoms with Gasteiger partial charge >= 0.3 is 0 Å². The second-order valence-corrected chi connectivity index (χ2v) is 6.08. The maximum absolute atomic E-state index is 11.4. The topological polar surface area (TPSA) is 41.1 Å². The Hall–Kier alpha value is -0.220. The first kappa shape index (κ1) is 12.2. The summed E-state index contributed by atoms with van der Waals surface area (Å²) in [4.78, 5) is 11.4. The van der Waals surface area contributed by atoms with Crippen LogP contribution in [0.5, 0.6) is 0 Å². The molecule has 1 atom stereocenters. The largest absolute Gasteiger partial charge is 0.356 e. The molecule has 1 amide bonds. The monoisotopic (exact) mass is 242 g/mol. The molecule has 0 spiro atoms. The Morgan fingerprint density at radius 2 is 2.12 bits per heavy atom. The molecule has 2 N–H and O–H groups in total. The minimum atomic E-state index is 0.217. The molecule has 0 aromatic heterocycles. The van der Waals surface area contributed by atoms with Crippen LogP contribution in [0.4, 0.5) is 0 Å². The molecule has 2 aliphatic heterocycles. The lowest BCUT2D eigenvalue weighted by molar-refractivity contribution is -0.121. The molecular weight excluding hydrogens is 220 g/mol. The molecule has 0 bridgehead atoms. The molecule has 3 nitrogen and oxygen atoms in total. The molecule has 4 heteroatoms. The lowest BCUT2D eigenvalue weighted by Crippen LogP contribution is -2.36. The van der Waals surface area contributed by atoms with Crippen LogP contribution < -0.4 is 10.6 Å². The molecule has 16 heavy (non-hydrogen) atoms. The molecule has 2 rings (SSSR count). The number of carbonyl (C=O) groups is 1. The first-order valence-corrected chi connectivity index (χ1v) is 7.58. The Bertz CT molecular complexity index is 229. The highest BCUT2D eigenvalue weighted by Crippen LogP contribution is 2.22. The zero-order valence-electron chi connectivity index (χ0n) is 9.84. The van der Waals surface area contributed by atoms with Crippen LogP contribution >= 0.6 is 11.8 Å². The van der Waals surface area contributed by atoms with E-state index in [4.69, 9.17) is 0 Å². The van der Waals surface area contributed by atoms with Crippen LogP contribution in [-0.4, -0.2) is 36.5 Å². The van der Waals surface area contributed by atoms with E-state index in [0.29, 0.717) is 12.5 Å². The van der Waals surface area contributed by atoms with Crippen molar-refractivity contribution in [2.45, 2.75) is 38.1 Å². The molecule has 1 unspecified atom stereocenters. The van der Waals surface area contributed by atoms with E-state index >= 15 is 0 Å². The van der Waals surface area contributed by atoms with Gasteiger partial charge in [0.1, 0.15) is 0 Å². The van der Waals surface area contributed by atoms with Crippen LogP contribution in [-0.2, 0) is 4.79 Å². The van der Waals surface area contributed by atoms with Gasteiger partial charge in [-0.2, -0.15) is 11.8 Å². The van der Waals surface area contributed by atoms with Crippen molar-refractivity contribution >= 4 is 17.7 Å². The Balaban J connectivity index is 1.69. The Kier molecular flexibility index (Phi) is 4.97. The Morgan fingerprint density at radius 1 is 1.31 bits per heavy atom. The quantitative estimate of drug-likeness (QED) is 0.786. The predicted molar refractivity (Wildman–Crippen MR) is 68.7 cm³/mol. The Labute approximate surface area is 102 Å². The van der Waals surface area contributed by atoms with Gasteiger partial charge in [0.15, 0.2) is 0 Å². The summed E-state index contributed by atoms with van der Waals surface area (Å²) < 4.78 is 0. The average Bonchev–Trinajstić information content (AvgIpc) is 2.52. The zero-order valence-corrected chi connectivity index (χ0v) is 10.7. The number of nitrogens with one attached hydrogen (secondary N) is 2. The summed E-state index contributed by atoms with van der Waals surface area (Å²) in [6.07, 6.45) is 5.61. The first-order chi connectivity index (χ1) is 7.84. The molecule has 0 aromatic rings. The molecule has 2 heterocycles. The number of carbonyl (C=O) groups excluding carboxylic acids is 1. The van der Waals surface area contributed by atoms with Crippen LogP contribution in [0.1, 0.15) is 32.1 Å². The van der Waals surface area contributed by atoms with E-state index in [1.165, 1.54) is 24.3 Å². The number of amides is 1. The fourth-order valence-corrected chi connectivity index (χ4v) is 3.64. The van der Waals surface area contributed by atoms with Gasteiger partial charge < -0.3 is 10.6 Å². The second kappa shape index (κ2) is 6.50. The summed E-state index contributed by atoms with van der Waals surface area (Å²) in [5, 5.41) is 6.52. The van der Waals surface area contributed by atoms with Crippen molar-refractivity contribution in [3.8, 4) is 0 Å². The number of hydrogen-bond donors (Lipinski definition) is 2. The maximum atomic E-state index is 11.4. The van der Waals surface area contributed by atoms with Gasteiger partial charge in [-0.3, -0.25) is 4.79 Å². The number of thioether (sulfide) groups is 1. The second-order valence-electron chi connectivity index (χ2n) is 4.86. The fourth-order valence-electron chi connectivity index (χ4n) is 2.43. The van der Waals surface area contributed by atoms with Crippen LogP contribution in [0.15, 0.2) is 0 Å².